The van der Waals surface area contributed by atoms with Crippen molar-refractivity contribution < 1.29 is 9.59 Å². The highest BCUT2D eigenvalue weighted by molar-refractivity contribution is 6.43. The van der Waals surface area contributed by atoms with E-state index < -0.39 is 5.54 Å². The van der Waals surface area contributed by atoms with Crippen LogP contribution in [0.1, 0.15) is 24.2 Å². The van der Waals surface area contributed by atoms with Crippen molar-refractivity contribution in [1.29, 1.82) is 0 Å². The van der Waals surface area contributed by atoms with Gasteiger partial charge in [0.1, 0.15) is 5.54 Å². The lowest BCUT2D eigenvalue weighted by Gasteiger charge is -2.44. The van der Waals surface area contributed by atoms with Crippen LogP contribution in [0.5, 0.6) is 0 Å². The van der Waals surface area contributed by atoms with Crippen LogP contribution in [-0.4, -0.2) is 47.3 Å². The minimum Gasteiger partial charge on any atom is -0.397 e. The van der Waals surface area contributed by atoms with Gasteiger partial charge in [-0.05, 0) is 26.0 Å². The minimum atomic E-state index is -0.912. The van der Waals surface area contributed by atoms with Crippen LogP contribution in [0.3, 0.4) is 0 Å². The number of carbonyl (C=O) groups excluding carboxylic acids is 2. The fraction of sp³-hybridized carbons (Fsp3) is 0.429. The molecule has 0 aromatic heterocycles. The molecule has 0 radical (unpaired) electrons. The molecule has 2 amide bonds. The predicted octanol–water partition coefficient (Wildman–Crippen LogP) is 2.27. The summed E-state index contributed by atoms with van der Waals surface area (Å²) in [5, 5.41) is 0.445. The topological polar surface area (TPSA) is 66.6 Å². The molecule has 5 nitrogen and oxygen atoms in total. The molecule has 21 heavy (non-hydrogen) atoms. The summed E-state index contributed by atoms with van der Waals surface area (Å²) in [7, 11) is 1.73. The first-order chi connectivity index (χ1) is 9.66. The fourth-order valence-electron chi connectivity index (χ4n) is 2.46. The van der Waals surface area contributed by atoms with E-state index in [4.69, 9.17) is 28.9 Å². The maximum absolute atomic E-state index is 12.7. The largest absolute Gasteiger partial charge is 0.397 e. The molecule has 2 rings (SSSR count). The molecule has 1 aromatic rings. The molecule has 1 aliphatic rings. The van der Waals surface area contributed by atoms with Gasteiger partial charge in [-0.3, -0.25) is 9.59 Å². The number of halogens is 2. The van der Waals surface area contributed by atoms with Crippen LogP contribution in [0.25, 0.3) is 0 Å². The van der Waals surface area contributed by atoms with E-state index in [1.807, 2.05) is 0 Å². The van der Waals surface area contributed by atoms with Gasteiger partial charge in [0, 0.05) is 25.7 Å². The molecule has 1 fully saturated rings. The van der Waals surface area contributed by atoms with E-state index in [1.165, 1.54) is 17.0 Å². The highest BCUT2D eigenvalue weighted by atomic mass is 35.5. The van der Waals surface area contributed by atoms with Crippen LogP contribution < -0.4 is 5.73 Å². The third kappa shape index (κ3) is 2.68. The lowest BCUT2D eigenvalue weighted by Crippen LogP contribution is -2.63. The van der Waals surface area contributed by atoms with Gasteiger partial charge in [0.25, 0.3) is 5.91 Å². The van der Waals surface area contributed by atoms with E-state index in [9.17, 15) is 9.59 Å². The Morgan fingerprint density at radius 1 is 1.29 bits per heavy atom. The quantitative estimate of drug-likeness (QED) is 0.803. The van der Waals surface area contributed by atoms with Gasteiger partial charge in [0.05, 0.1) is 15.7 Å². The number of anilines is 1. The summed E-state index contributed by atoms with van der Waals surface area (Å²) in [6.45, 7) is 4.40. The molecule has 1 aromatic carbocycles. The number of amides is 2. The van der Waals surface area contributed by atoms with Gasteiger partial charge in [-0.25, -0.2) is 0 Å². The Kier molecular flexibility index (Phi) is 4.08. The molecule has 114 valence electrons. The smallest absolute Gasteiger partial charge is 0.254 e. The second-order valence-corrected chi connectivity index (χ2v) is 6.39. The van der Waals surface area contributed by atoms with Crippen LogP contribution in [-0.2, 0) is 4.79 Å². The van der Waals surface area contributed by atoms with Crippen LogP contribution in [0, 0.1) is 0 Å². The summed E-state index contributed by atoms with van der Waals surface area (Å²) in [6.07, 6.45) is 0. The van der Waals surface area contributed by atoms with E-state index in [0.717, 1.165) is 0 Å². The number of nitrogen functional groups attached to an aromatic ring is 1. The molecule has 0 aliphatic carbocycles. The summed E-state index contributed by atoms with van der Waals surface area (Å²) >= 11 is 11.9. The maximum atomic E-state index is 12.7. The average Bonchev–Trinajstić information content (AvgIpc) is 2.41. The summed E-state index contributed by atoms with van der Waals surface area (Å²) in [6, 6.07) is 2.96. The summed E-state index contributed by atoms with van der Waals surface area (Å²) in [4.78, 5) is 28.1. The first-order valence-corrected chi connectivity index (χ1v) is 7.24. The summed E-state index contributed by atoms with van der Waals surface area (Å²) in [5.74, 6) is -0.387. The number of hydrogen-bond acceptors (Lipinski definition) is 3. The Labute approximate surface area is 133 Å². The summed E-state index contributed by atoms with van der Waals surface area (Å²) < 4.78 is 0. The second-order valence-electron chi connectivity index (χ2n) is 5.60. The van der Waals surface area contributed by atoms with Crippen molar-refractivity contribution in [3.63, 3.8) is 0 Å². The molecule has 2 N–H and O–H groups in total. The van der Waals surface area contributed by atoms with Crippen molar-refractivity contribution in [1.82, 2.24) is 9.80 Å². The minimum absolute atomic E-state index is 0.102. The number of likely N-dealkylation sites (N-methyl/N-ethyl adjacent to an activating group) is 1. The van der Waals surface area contributed by atoms with E-state index in [1.54, 1.807) is 25.8 Å². The Morgan fingerprint density at radius 3 is 2.48 bits per heavy atom. The lowest BCUT2D eigenvalue weighted by molar-refractivity contribution is -0.144. The van der Waals surface area contributed by atoms with Gasteiger partial charge >= 0.3 is 0 Å². The number of nitrogens with zero attached hydrogens (tertiary/aromatic N) is 2. The van der Waals surface area contributed by atoms with Crippen molar-refractivity contribution in [3.8, 4) is 0 Å². The monoisotopic (exact) mass is 329 g/mol. The zero-order chi connectivity index (χ0) is 15.9. The van der Waals surface area contributed by atoms with Gasteiger partial charge < -0.3 is 15.5 Å². The first kappa shape index (κ1) is 15.9. The molecule has 0 saturated carbocycles. The van der Waals surface area contributed by atoms with Crippen molar-refractivity contribution in [3.05, 3.63) is 27.7 Å². The number of rotatable bonds is 1. The average molecular weight is 330 g/mol. The molecule has 1 aliphatic heterocycles. The number of carbonyl (C=O) groups is 2. The van der Waals surface area contributed by atoms with Crippen molar-refractivity contribution in [2.45, 2.75) is 19.4 Å². The number of nitrogens with two attached hydrogens (primary N) is 1. The van der Waals surface area contributed by atoms with Crippen LogP contribution in [0.4, 0.5) is 5.69 Å². The summed E-state index contributed by atoms with van der Waals surface area (Å²) in [5.41, 5.74) is 5.40. The van der Waals surface area contributed by atoms with Gasteiger partial charge in [-0.1, -0.05) is 23.2 Å². The number of benzene rings is 1. The fourth-order valence-corrected chi connectivity index (χ4v) is 2.79. The third-order valence-electron chi connectivity index (χ3n) is 3.75. The van der Waals surface area contributed by atoms with E-state index in [-0.39, 0.29) is 27.5 Å². The molecule has 1 saturated heterocycles. The highest BCUT2D eigenvalue weighted by Gasteiger charge is 2.43. The van der Waals surface area contributed by atoms with Crippen molar-refractivity contribution >= 4 is 40.7 Å². The van der Waals surface area contributed by atoms with E-state index >= 15 is 0 Å². The molecule has 0 bridgehead atoms. The second kappa shape index (κ2) is 5.39. The van der Waals surface area contributed by atoms with Gasteiger partial charge in [0.15, 0.2) is 0 Å². The third-order valence-corrected chi connectivity index (χ3v) is 4.57. The Hall–Kier alpha value is -1.46. The van der Waals surface area contributed by atoms with Gasteiger partial charge in [-0.2, -0.15) is 0 Å². The number of piperazine rings is 1. The Bertz CT molecular complexity index is 593. The SMILES string of the molecule is CN1CCN(C(=O)c2cc(N)c(Cl)c(Cl)c2)C(C)(C)C1=O. The van der Waals surface area contributed by atoms with Crippen LogP contribution >= 0.6 is 23.2 Å². The Balaban J connectivity index is 2.38. The van der Waals surface area contributed by atoms with Crippen molar-refractivity contribution in [2.75, 3.05) is 25.9 Å². The normalized spacial score (nSPS) is 18.0. The molecular weight excluding hydrogens is 313 g/mol. The van der Waals surface area contributed by atoms with Gasteiger partial charge in [0.2, 0.25) is 5.91 Å². The van der Waals surface area contributed by atoms with Gasteiger partial charge in [-0.15, -0.1) is 0 Å². The highest BCUT2D eigenvalue weighted by Crippen LogP contribution is 2.31. The zero-order valence-electron chi connectivity index (χ0n) is 12.1. The molecular formula is C14H17Cl2N3O2. The molecule has 7 heteroatoms. The maximum Gasteiger partial charge on any atom is 0.254 e. The standard InChI is InChI=1S/C14H17Cl2N3O2/c1-14(2)13(21)18(3)4-5-19(14)12(20)8-6-9(15)11(16)10(17)7-8/h6-7H,4-5,17H2,1-3H3. The lowest BCUT2D eigenvalue weighted by atomic mass is 9.96. The Morgan fingerprint density at radius 2 is 1.90 bits per heavy atom. The zero-order valence-corrected chi connectivity index (χ0v) is 13.6. The van der Waals surface area contributed by atoms with Crippen molar-refractivity contribution in [2.24, 2.45) is 0 Å². The van der Waals surface area contributed by atoms with Crippen LogP contribution in [0.2, 0.25) is 10.0 Å². The van der Waals surface area contributed by atoms with Crippen LogP contribution in [0.15, 0.2) is 12.1 Å². The molecule has 1 heterocycles. The van der Waals surface area contributed by atoms with E-state index in [0.29, 0.717) is 18.7 Å². The molecule has 0 spiro atoms. The van der Waals surface area contributed by atoms with E-state index in [2.05, 4.69) is 0 Å². The molecule has 0 unspecified atom stereocenters. The number of hydrogen-bond donors (Lipinski definition) is 1. The molecule has 0 atom stereocenters. The first-order valence-electron chi connectivity index (χ1n) is 6.48. The predicted molar refractivity (Wildman–Crippen MR) is 83.6 cm³/mol.